The standard InChI is InChI=1S/C21H19ClF3N5O2.ClH/c22-15-10-13(18-28-19(32-29-18)16-2-1-9-30(16)20(26)27)5-8-17(15)31-11-12-3-6-14(7-4-12)21(23,24)25;/h3-8,10,16H,1-2,9,11H2,(H3,26,27);1H/t16-;/m0./s1. The fourth-order valence-electron chi connectivity index (χ4n) is 3.51. The van der Waals surface area contributed by atoms with Crippen LogP contribution in [0.5, 0.6) is 5.75 Å². The zero-order valence-electron chi connectivity index (χ0n) is 17.1. The van der Waals surface area contributed by atoms with Gasteiger partial charge in [-0.3, -0.25) is 5.41 Å². The molecule has 1 saturated heterocycles. The largest absolute Gasteiger partial charge is 0.487 e. The van der Waals surface area contributed by atoms with Crippen LogP contribution in [0.3, 0.4) is 0 Å². The van der Waals surface area contributed by atoms with E-state index in [1.807, 2.05) is 0 Å². The molecule has 33 heavy (non-hydrogen) atoms. The Morgan fingerprint density at radius 3 is 2.61 bits per heavy atom. The van der Waals surface area contributed by atoms with Crippen molar-refractivity contribution in [3.05, 3.63) is 64.5 Å². The zero-order valence-corrected chi connectivity index (χ0v) is 18.7. The van der Waals surface area contributed by atoms with Gasteiger partial charge in [0.2, 0.25) is 11.7 Å². The third-order valence-electron chi connectivity index (χ3n) is 5.15. The summed E-state index contributed by atoms with van der Waals surface area (Å²) in [6, 6.07) is 9.48. The molecule has 3 N–H and O–H groups in total. The van der Waals surface area contributed by atoms with Crippen molar-refractivity contribution in [3.63, 3.8) is 0 Å². The van der Waals surface area contributed by atoms with Gasteiger partial charge in [0.25, 0.3) is 0 Å². The number of alkyl halides is 3. The molecule has 2 heterocycles. The van der Waals surface area contributed by atoms with E-state index in [1.54, 1.807) is 23.1 Å². The van der Waals surface area contributed by atoms with Crippen LogP contribution in [-0.2, 0) is 12.8 Å². The summed E-state index contributed by atoms with van der Waals surface area (Å²) in [6.07, 6.45) is -2.74. The number of nitrogens with zero attached hydrogens (tertiary/aromatic N) is 3. The lowest BCUT2D eigenvalue weighted by molar-refractivity contribution is -0.137. The lowest BCUT2D eigenvalue weighted by atomic mass is 10.1. The Morgan fingerprint density at radius 2 is 1.97 bits per heavy atom. The first kappa shape index (κ1) is 24.7. The second kappa shape index (κ2) is 9.88. The molecule has 1 aliphatic heterocycles. The van der Waals surface area contributed by atoms with Crippen LogP contribution < -0.4 is 10.5 Å². The maximum absolute atomic E-state index is 12.7. The van der Waals surface area contributed by atoms with Crippen molar-refractivity contribution in [1.82, 2.24) is 15.0 Å². The highest BCUT2D eigenvalue weighted by atomic mass is 35.5. The molecule has 0 amide bonds. The number of hydrogen-bond acceptors (Lipinski definition) is 5. The fraction of sp³-hybridized carbons (Fsp3) is 0.286. The van der Waals surface area contributed by atoms with Crippen LogP contribution in [0.25, 0.3) is 11.4 Å². The Balaban J connectivity index is 0.00000306. The van der Waals surface area contributed by atoms with E-state index in [4.69, 9.17) is 32.0 Å². The van der Waals surface area contributed by atoms with Gasteiger partial charge >= 0.3 is 6.18 Å². The Hall–Kier alpha value is -2.98. The summed E-state index contributed by atoms with van der Waals surface area (Å²) in [5.74, 6) is 1.06. The van der Waals surface area contributed by atoms with Crippen molar-refractivity contribution in [2.24, 2.45) is 5.73 Å². The zero-order chi connectivity index (χ0) is 22.9. The molecular formula is C21H20Cl2F3N5O2. The maximum Gasteiger partial charge on any atom is 0.416 e. The molecular weight excluding hydrogens is 482 g/mol. The van der Waals surface area contributed by atoms with Crippen LogP contribution in [0.2, 0.25) is 5.02 Å². The molecule has 3 aromatic rings. The van der Waals surface area contributed by atoms with Crippen molar-refractivity contribution in [2.45, 2.75) is 31.7 Å². The van der Waals surface area contributed by atoms with Crippen LogP contribution in [-0.4, -0.2) is 27.5 Å². The Kier molecular flexibility index (Phi) is 7.38. The van der Waals surface area contributed by atoms with Gasteiger partial charge in [0.1, 0.15) is 18.4 Å². The predicted molar refractivity (Wildman–Crippen MR) is 118 cm³/mol. The maximum atomic E-state index is 12.7. The first-order chi connectivity index (χ1) is 15.2. The minimum Gasteiger partial charge on any atom is -0.487 e. The van der Waals surface area contributed by atoms with E-state index in [1.165, 1.54) is 12.1 Å². The normalized spacial score (nSPS) is 15.9. The highest BCUT2D eigenvalue weighted by Crippen LogP contribution is 2.34. The Bertz CT molecular complexity index is 1120. The third kappa shape index (κ3) is 5.51. The topological polar surface area (TPSA) is 101 Å². The van der Waals surface area contributed by atoms with Gasteiger partial charge in [-0.15, -0.1) is 12.4 Å². The lowest BCUT2D eigenvalue weighted by Crippen LogP contribution is -2.35. The molecule has 0 saturated carbocycles. The number of benzene rings is 2. The quantitative estimate of drug-likeness (QED) is 0.356. The number of guanidine groups is 1. The van der Waals surface area contributed by atoms with E-state index in [0.29, 0.717) is 40.2 Å². The summed E-state index contributed by atoms with van der Waals surface area (Å²) < 4.78 is 49.0. The summed E-state index contributed by atoms with van der Waals surface area (Å²) >= 11 is 6.32. The lowest BCUT2D eigenvalue weighted by Gasteiger charge is -2.21. The number of hydrogen-bond donors (Lipinski definition) is 2. The molecule has 12 heteroatoms. The molecule has 1 atom stereocenters. The van der Waals surface area contributed by atoms with Gasteiger partial charge in [0.05, 0.1) is 10.6 Å². The molecule has 7 nitrogen and oxygen atoms in total. The SMILES string of the molecule is Cl.N=C(N)N1CCC[C@H]1c1nc(-c2ccc(OCc3ccc(C(F)(F)F)cc3)c(Cl)c2)no1. The molecule has 0 spiro atoms. The van der Waals surface area contributed by atoms with E-state index in [-0.39, 0.29) is 31.0 Å². The number of rotatable bonds is 5. The van der Waals surface area contributed by atoms with Crippen LogP contribution in [0.1, 0.15) is 35.9 Å². The van der Waals surface area contributed by atoms with Gasteiger partial charge < -0.3 is 19.9 Å². The van der Waals surface area contributed by atoms with Crippen LogP contribution >= 0.6 is 24.0 Å². The van der Waals surface area contributed by atoms with Crippen molar-refractivity contribution in [2.75, 3.05) is 6.54 Å². The molecule has 0 unspecified atom stereocenters. The van der Waals surface area contributed by atoms with Gasteiger partial charge in [-0.1, -0.05) is 28.9 Å². The average molecular weight is 502 g/mol. The van der Waals surface area contributed by atoms with Gasteiger partial charge in [-0.05, 0) is 48.7 Å². The van der Waals surface area contributed by atoms with Crippen LogP contribution in [0, 0.1) is 5.41 Å². The molecule has 0 aliphatic carbocycles. The van der Waals surface area contributed by atoms with Crippen molar-refractivity contribution in [1.29, 1.82) is 5.41 Å². The Morgan fingerprint density at radius 1 is 1.24 bits per heavy atom. The summed E-state index contributed by atoms with van der Waals surface area (Å²) in [4.78, 5) is 6.14. The van der Waals surface area contributed by atoms with E-state index < -0.39 is 11.7 Å². The molecule has 1 aliphatic rings. The molecule has 1 aromatic heterocycles. The molecule has 0 radical (unpaired) electrons. The van der Waals surface area contributed by atoms with E-state index in [0.717, 1.165) is 25.0 Å². The van der Waals surface area contributed by atoms with E-state index >= 15 is 0 Å². The second-order valence-corrected chi connectivity index (χ2v) is 7.73. The monoisotopic (exact) mass is 501 g/mol. The second-order valence-electron chi connectivity index (χ2n) is 7.32. The van der Waals surface area contributed by atoms with Crippen LogP contribution in [0.15, 0.2) is 47.0 Å². The van der Waals surface area contributed by atoms with Crippen molar-refractivity contribution in [3.8, 4) is 17.1 Å². The first-order valence-corrected chi connectivity index (χ1v) is 10.1. The van der Waals surface area contributed by atoms with Gasteiger partial charge in [-0.2, -0.15) is 18.2 Å². The van der Waals surface area contributed by atoms with E-state index in [9.17, 15) is 13.2 Å². The molecule has 176 valence electrons. The summed E-state index contributed by atoms with van der Waals surface area (Å²) in [5, 5.41) is 12.0. The minimum absolute atomic E-state index is 0. The van der Waals surface area contributed by atoms with E-state index in [2.05, 4.69) is 10.1 Å². The highest BCUT2D eigenvalue weighted by Gasteiger charge is 2.32. The highest BCUT2D eigenvalue weighted by molar-refractivity contribution is 6.32. The molecule has 4 rings (SSSR count). The van der Waals surface area contributed by atoms with Crippen molar-refractivity contribution < 1.29 is 22.4 Å². The summed E-state index contributed by atoms with van der Waals surface area (Å²) in [6.45, 7) is 0.723. The third-order valence-corrected chi connectivity index (χ3v) is 5.45. The minimum atomic E-state index is -4.38. The summed E-state index contributed by atoms with van der Waals surface area (Å²) in [7, 11) is 0. The van der Waals surface area contributed by atoms with Gasteiger partial charge in [0.15, 0.2) is 5.96 Å². The number of nitrogens with one attached hydrogen (secondary N) is 1. The van der Waals surface area contributed by atoms with Crippen LogP contribution in [0.4, 0.5) is 13.2 Å². The van der Waals surface area contributed by atoms with Crippen molar-refractivity contribution >= 4 is 30.0 Å². The number of likely N-dealkylation sites (tertiary alicyclic amines) is 1. The molecule has 2 aromatic carbocycles. The Labute approximate surface area is 198 Å². The molecule has 1 fully saturated rings. The number of halogens is 5. The molecule has 0 bridgehead atoms. The van der Waals surface area contributed by atoms with Gasteiger partial charge in [-0.25, -0.2) is 0 Å². The first-order valence-electron chi connectivity index (χ1n) is 9.75. The predicted octanol–water partition coefficient (Wildman–Crippen LogP) is 5.44. The number of nitrogens with two attached hydrogens (primary N) is 1. The summed E-state index contributed by atoms with van der Waals surface area (Å²) in [5.41, 5.74) is 6.09. The average Bonchev–Trinajstić information content (AvgIpc) is 3.42. The fourth-order valence-corrected chi connectivity index (χ4v) is 3.74. The smallest absolute Gasteiger partial charge is 0.416 e. The van der Waals surface area contributed by atoms with Gasteiger partial charge in [0, 0.05) is 12.1 Å². The number of ether oxygens (including phenoxy) is 1. The number of aromatic nitrogens is 2.